The quantitative estimate of drug-likeness (QED) is 0.822. The molecule has 2 heteroatoms. The lowest BCUT2D eigenvalue weighted by molar-refractivity contribution is 0.450. The molecule has 15 heavy (non-hydrogen) atoms. The summed E-state index contributed by atoms with van der Waals surface area (Å²) in [5.74, 6) is 0.848. The van der Waals surface area contributed by atoms with Gasteiger partial charge >= 0.3 is 0 Å². The number of hydrogen-bond acceptors (Lipinski definition) is 2. The third-order valence-corrected chi connectivity index (χ3v) is 3.39. The smallest absolute Gasteiger partial charge is 0.0315 e. The molecule has 0 aliphatic heterocycles. The van der Waals surface area contributed by atoms with Crippen LogP contribution in [-0.2, 0) is 0 Å². The lowest BCUT2D eigenvalue weighted by Gasteiger charge is -2.16. The van der Waals surface area contributed by atoms with E-state index in [0.717, 1.165) is 12.3 Å². The van der Waals surface area contributed by atoms with Crippen molar-refractivity contribution in [3.8, 4) is 0 Å². The van der Waals surface area contributed by atoms with Gasteiger partial charge in [-0.05, 0) is 30.4 Å². The average molecular weight is 204 g/mol. The minimum absolute atomic E-state index is 0.181. The monoisotopic (exact) mass is 204 g/mol. The molecule has 2 nitrogen and oxygen atoms in total. The van der Waals surface area contributed by atoms with Crippen molar-refractivity contribution >= 4 is 0 Å². The number of nitrogens with two attached hydrogens (primary N) is 1. The second-order valence-electron chi connectivity index (χ2n) is 4.79. The first-order valence-corrected chi connectivity index (χ1v) is 5.93. The van der Waals surface area contributed by atoms with Crippen LogP contribution in [0.3, 0.4) is 0 Å². The van der Waals surface area contributed by atoms with E-state index in [-0.39, 0.29) is 6.04 Å². The van der Waals surface area contributed by atoms with E-state index in [0.29, 0.717) is 0 Å². The first kappa shape index (κ1) is 10.6. The maximum Gasteiger partial charge on any atom is 0.0315 e. The van der Waals surface area contributed by atoms with E-state index in [2.05, 4.69) is 18.0 Å². The lowest BCUT2D eigenvalue weighted by atomic mass is 9.95. The van der Waals surface area contributed by atoms with Crippen LogP contribution in [0.15, 0.2) is 18.5 Å². The number of hydrogen-bond donors (Lipinski definition) is 1. The fraction of sp³-hybridized carbons (Fsp3) is 0.615. The first-order valence-electron chi connectivity index (χ1n) is 5.93. The van der Waals surface area contributed by atoms with E-state index in [4.69, 9.17) is 5.73 Å². The minimum atomic E-state index is 0.181. The van der Waals surface area contributed by atoms with Crippen molar-refractivity contribution in [3.63, 3.8) is 0 Å². The highest BCUT2D eigenvalue weighted by molar-refractivity contribution is 5.19. The number of pyridine rings is 1. The van der Waals surface area contributed by atoms with E-state index >= 15 is 0 Å². The van der Waals surface area contributed by atoms with Gasteiger partial charge in [0.2, 0.25) is 0 Å². The van der Waals surface area contributed by atoms with Gasteiger partial charge in [0.05, 0.1) is 0 Å². The molecule has 0 radical (unpaired) electrons. The molecule has 1 heterocycles. The van der Waals surface area contributed by atoms with Crippen LogP contribution in [-0.4, -0.2) is 4.98 Å². The summed E-state index contributed by atoms with van der Waals surface area (Å²) in [6.45, 7) is 2.07. The summed E-state index contributed by atoms with van der Waals surface area (Å²) >= 11 is 0. The Morgan fingerprint density at radius 3 is 2.80 bits per heavy atom. The van der Waals surface area contributed by atoms with Gasteiger partial charge < -0.3 is 5.73 Å². The Kier molecular flexibility index (Phi) is 3.37. The Balaban J connectivity index is 1.97. The summed E-state index contributed by atoms with van der Waals surface area (Å²) in [6.07, 6.45) is 10.4. The summed E-state index contributed by atoms with van der Waals surface area (Å²) < 4.78 is 0. The van der Waals surface area contributed by atoms with Gasteiger partial charge in [-0.1, -0.05) is 31.7 Å². The third-order valence-electron chi connectivity index (χ3n) is 3.39. The van der Waals surface area contributed by atoms with Gasteiger partial charge in [-0.15, -0.1) is 0 Å². The van der Waals surface area contributed by atoms with Crippen LogP contribution in [0.5, 0.6) is 0 Å². The topological polar surface area (TPSA) is 38.9 Å². The highest BCUT2D eigenvalue weighted by Gasteiger charge is 2.18. The molecule has 1 aromatic rings. The van der Waals surface area contributed by atoms with Crippen molar-refractivity contribution in [3.05, 3.63) is 29.6 Å². The summed E-state index contributed by atoms with van der Waals surface area (Å²) in [5.41, 5.74) is 8.60. The van der Waals surface area contributed by atoms with Crippen molar-refractivity contribution in [2.75, 3.05) is 0 Å². The van der Waals surface area contributed by atoms with Gasteiger partial charge in [-0.25, -0.2) is 0 Å². The highest BCUT2D eigenvalue weighted by Crippen LogP contribution is 2.31. The minimum Gasteiger partial charge on any atom is -0.324 e. The number of aromatic nitrogens is 1. The van der Waals surface area contributed by atoms with Crippen LogP contribution in [0.1, 0.15) is 49.3 Å². The van der Waals surface area contributed by atoms with E-state index < -0.39 is 0 Å². The van der Waals surface area contributed by atoms with E-state index in [1.165, 1.54) is 36.8 Å². The molecule has 0 spiro atoms. The highest BCUT2D eigenvalue weighted by atomic mass is 14.7. The molecule has 0 amide bonds. The molecule has 1 aliphatic rings. The second-order valence-corrected chi connectivity index (χ2v) is 4.79. The predicted molar refractivity (Wildman–Crippen MR) is 62.5 cm³/mol. The Bertz CT molecular complexity index is 316. The van der Waals surface area contributed by atoms with Crippen LogP contribution in [0.2, 0.25) is 0 Å². The summed E-state index contributed by atoms with van der Waals surface area (Å²) in [5, 5.41) is 0. The summed E-state index contributed by atoms with van der Waals surface area (Å²) in [4.78, 5) is 4.20. The summed E-state index contributed by atoms with van der Waals surface area (Å²) in [6, 6.07) is 2.34. The van der Waals surface area contributed by atoms with Gasteiger partial charge in [0.15, 0.2) is 0 Å². The van der Waals surface area contributed by atoms with Crippen molar-refractivity contribution < 1.29 is 0 Å². The van der Waals surface area contributed by atoms with Gasteiger partial charge in [0, 0.05) is 18.4 Å². The van der Waals surface area contributed by atoms with Crippen LogP contribution in [0, 0.1) is 12.8 Å². The second kappa shape index (κ2) is 4.75. The molecule has 2 rings (SSSR count). The largest absolute Gasteiger partial charge is 0.324 e. The SMILES string of the molecule is Cc1cncc(C(N)CC2CCCC2)c1. The molecule has 1 saturated carbocycles. The standard InChI is InChI=1S/C13H20N2/c1-10-6-12(9-15-8-10)13(14)7-11-4-2-3-5-11/h6,8-9,11,13H,2-5,7,14H2,1H3. The third kappa shape index (κ3) is 2.78. The molecule has 82 valence electrons. The van der Waals surface area contributed by atoms with Gasteiger partial charge in [0.1, 0.15) is 0 Å². The molecule has 1 fully saturated rings. The average Bonchev–Trinajstić information content (AvgIpc) is 2.70. The Morgan fingerprint density at radius 2 is 2.13 bits per heavy atom. The molecular weight excluding hydrogens is 184 g/mol. The van der Waals surface area contributed by atoms with Crippen LogP contribution in [0.25, 0.3) is 0 Å². The van der Waals surface area contributed by atoms with Crippen LogP contribution < -0.4 is 5.73 Å². The fourth-order valence-electron chi connectivity index (χ4n) is 2.52. The molecule has 2 N–H and O–H groups in total. The zero-order valence-electron chi connectivity index (χ0n) is 9.45. The fourth-order valence-corrected chi connectivity index (χ4v) is 2.52. The Morgan fingerprint density at radius 1 is 1.40 bits per heavy atom. The number of nitrogens with zero attached hydrogens (tertiary/aromatic N) is 1. The van der Waals surface area contributed by atoms with E-state index in [9.17, 15) is 0 Å². The molecular formula is C13H20N2. The van der Waals surface area contributed by atoms with Gasteiger partial charge in [-0.2, -0.15) is 0 Å². The van der Waals surface area contributed by atoms with Crippen LogP contribution >= 0.6 is 0 Å². The molecule has 0 bridgehead atoms. The molecule has 1 aromatic heterocycles. The zero-order valence-corrected chi connectivity index (χ0v) is 9.45. The number of aryl methyl sites for hydroxylation is 1. The lowest BCUT2D eigenvalue weighted by Crippen LogP contribution is -2.14. The van der Waals surface area contributed by atoms with Crippen molar-refractivity contribution in [1.82, 2.24) is 4.98 Å². The first-order chi connectivity index (χ1) is 7.25. The Hall–Kier alpha value is -0.890. The predicted octanol–water partition coefficient (Wildman–Crippen LogP) is 2.97. The zero-order chi connectivity index (χ0) is 10.7. The molecule has 1 atom stereocenters. The maximum atomic E-state index is 6.20. The summed E-state index contributed by atoms with van der Waals surface area (Å²) in [7, 11) is 0. The van der Waals surface area contributed by atoms with E-state index in [1.54, 1.807) is 0 Å². The van der Waals surface area contributed by atoms with Crippen molar-refractivity contribution in [2.24, 2.45) is 11.7 Å². The van der Waals surface area contributed by atoms with Crippen molar-refractivity contribution in [2.45, 2.75) is 45.1 Å². The maximum absolute atomic E-state index is 6.20. The molecule has 1 aliphatic carbocycles. The van der Waals surface area contributed by atoms with Gasteiger partial charge in [0.25, 0.3) is 0 Å². The van der Waals surface area contributed by atoms with Crippen LogP contribution in [0.4, 0.5) is 0 Å². The number of rotatable bonds is 3. The normalized spacial score (nSPS) is 19.3. The Labute approximate surface area is 91.9 Å². The van der Waals surface area contributed by atoms with Gasteiger partial charge in [-0.3, -0.25) is 4.98 Å². The molecule has 1 unspecified atom stereocenters. The van der Waals surface area contributed by atoms with Crippen molar-refractivity contribution in [1.29, 1.82) is 0 Å². The van der Waals surface area contributed by atoms with E-state index in [1.807, 2.05) is 12.4 Å². The molecule has 0 saturated heterocycles. The molecule has 0 aromatic carbocycles.